The topological polar surface area (TPSA) is 96.2 Å². The molecule has 0 saturated carbocycles. The van der Waals surface area contributed by atoms with E-state index in [2.05, 4.69) is 54.3 Å². The Bertz CT molecular complexity index is 1230. The number of hydrogen-bond acceptors (Lipinski definition) is 8. The van der Waals surface area contributed by atoms with Crippen LogP contribution in [0.2, 0.25) is 0 Å². The molecular formula is C24H27N7O2S. The van der Waals surface area contributed by atoms with Gasteiger partial charge in [-0.1, -0.05) is 42.1 Å². The molecule has 1 amide bonds. The Morgan fingerprint density at radius 1 is 1.12 bits per heavy atom. The van der Waals surface area contributed by atoms with Crippen LogP contribution < -0.4 is 15.8 Å². The molecule has 3 aromatic rings. The molecule has 1 N–H and O–H groups in total. The van der Waals surface area contributed by atoms with Crippen molar-refractivity contribution in [2.24, 2.45) is 0 Å². The fraction of sp³-hybridized carbons (Fsp3) is 0.375. The van der Waals surface area contributed by atoms with Gasteiger partial charge in [0.15, 0.2) is 5.16 Å². The zero-order chi connectivity index (χ0) is 23.5. The number of anilines is 2. The second kappa shape index (κ2) is 9.94. The molecule has 1 fully saturated rings. The number of aryl methyl sites for hydroxylation is 1. The average molecular weight is 478 g/mol. The number of piperazine rings is 1. The first-order valence-corrected chi connectivity index (χ1v) is 12.4. The van der Waals surface area contributed by atoms with Crippen LogP contribution in [-0.4, -0.2) is 62.3 Å². The highest BCUT2D eigenvalue weighted by molar-refractivity contribution is 7.99. The van der Waals surface area contributed by atoms with Crippen molar-refractivity contribution in [3.8, 4) is 0 Å². The predicted molar refractivity (Wildman–Crippen MR) is 132 cm³/mol. The first kappa shape index (κ1) is 22.5. The molecular weight excluding hydrogens is 450 g/mol. The normalized spacial score (nSPS) is 18.0. The van der Waals surface area contributed by atoms with Crippen LogP contribution in [-0.2, 0) is 11.3 Å². The largest absolute Gasteiger partial charge is 0.354 e. The number of benzene rings is 1. The maximum Gasteiger partial charge on any atom is 0.257 e. The molecule has 0 spiro atoms. The van der Waals surface area contributed by atoms with Crippen molar-refractivity contribution in [3.63, 3.8) is 0 Å². The fourth-order valence-electron chi connectivity index (χ4n) is 4.34. The molecule has 2 aliphatic rings. The smallest absolute Gasteiger partial charge is 0.257 e. The minimum Gasteiger partial charge on any atom is -0.354 e. The Hall–Kier alpha value is -3.24. The van der Waals surface area contributed by atoms with Gasteiger partial charge in [0, 0.05) is 62.7 Å². The number of carbonyl (C=O) groups excluding carboxylic acids is 1. The summed E-state index contributed by atoms with van der Waals surface area (Å²) in [6.07, 6.45) is 3.27. The highest BCUT2D eigenvalue weighted by atomic mass is 32.2. The van der Waals surface area contributed by atoms with Gasteiger partial charge in [0.25, 0.3) is 5.56 Å². The minimum atomic E-state index is -0.209. The third-order valence-corrected chi connectivity index (χ3v) is 7.30. The van der Waals surface area contributed by atoms with E-state index in [0.717, 1.165) is 38.5 Å². The van der Waals surface area contributed by atoms with E-state index in [9.17, 15) is 9.59 Å². The first-order chi connectivity index (χ1) is 16.6. The summed E-state index contributed by atoms with van der Waals surface area (Å²) in [5.74, 6) is 1.76. The Balaban J connectivity index is 1.17. The number of thioether (sulfide) groups is 1. The SMILES string of the molecule is Cc1cnc2n(c1=O)C(CC(=O)Nc1cc(N3CCN(Cc4ccccc4)CC3)ncn1)CS2. The van der Waals surface area contributed by atoms with Crippen LogP contribution in [0.15, 0.2) is 58.9 Å². The first-order valence-electron chi connectivity index (χ1n) is 11.4. The van der Waals surface area contributed by atoms with Crippen LogP contribution in [0.4, 0.5) is 11.6 Å². The third-order valence-electron chi connectivity index (χ3n) is 6.19. The molecule has 1 unspecified atom stereocenters. The van der Waals surface area contributed by atoms with Gasteiger partial charge in [0.2, 0.25) is 5.91 Å². The van der Waals surface area contributed by atoms with Crippen LogP contribution in [0.25, 0.3) is 0 Å². The molecule has 1 aromatic carbocycles. The quantitative estimate of drug-likeness (QED) is 0.541. The Kier molecular flexibility index (Phi) is 6.59. The van der Waals surface area contributed by atoms with Gasteiger partial charge in [-0.3, -0.25) is 19.1 Å². The Labute approximate surface area is 202 Å². The van der Waals surface area contributed by atoms with E-state index in [1.54, 1.807) is 17.7 Å². The summed E-state index contributed by atoms with van der Waals surface area (Å²) in [4.78, 5) is 42.9. The lowest BCUT2D eigenvalue weighted by Crippen LogP contribution is -2.46. The highest BCUT2D eigenvalue weighted by Gasteiger charge is 2.28. The number of nitrogens with zero attached hydrogens (tertiary/aromatic N) is 6. The number of nitrogens with one attached hydrogen (secondary N) is 1. The van der Waals surface area contributed by atoms with E-state index in [0.29, 0.717) is 22.3 Å². The van der Waals surface area contributed by atoms with Crippen LogP contribution in [0.1, 0.15) is 23.6 Å². The average Bonchev–Trinajstić information content (AvgIpc) is 3.26. The highest BCUT2D eigenvalue weighted by Crippen LogP contribution is 2.32. The summed E-state index contributed by atoms with van der Waals surface area (Å²) in [5, 5.41) is 3.55. The monoisotopic (exact) mass is 477 g/mol. The van der Waals surface area contributed by atoms with E-state index in [1.165, 1.54) is 23.7 Å². The number of hydrogen-bond donors (Lipinski definition) is 1. The lowest BCUT2D eigenvalue weighted by molar-refractivity contribution is -0.116. The second-order valence-electron chi connectivity index (χ2n) is 8.63. The number of rotatable bonds is 6. The zero-order valence-electron chi connectivity index (χ0n) is 19.1. The van der Waals surface area contributed by atoms with Gasteiger partial charge in [0.05, 0.1) is 6.04 Å². The van der Waals surface area contributed by atoms with Crippen molar-refractivity contribution in [1.82, 2.24) is 24.4 Å². The van der Waals surface area contributed by atoms with Gasteiger partial charge in [-0.05, 0) is 12.5 Å². The number of carbonyl (C=O) groups is 1. The van der Waals surface area contributed by atoms with Gasteiger partial charge in [-0.15, -0.1) is 0 Å². The van der Waals surface area contributed by atoms with Crippen molar-refractivity contribution in [2.45, 2.75) is 31.1 Å². The Morgan fingerprint density at radius 2 is 1.91 bits per heavy atom. The van der Waals surface area contributed by atoms with Gasteiger partial charge in [-0.25, -0.2) is 15.0 Å². The third kappa shape index (κ3) is 4.97. The summed E-state index contributed by atoms with van der Waals surface area (Å²) in [6, 6.07) is 12.1. The molecule has 0 aliphatic carbocycles. The number of fused-ring (bicyclic) bond motifs is 1. The predicted octanol–water partition coefficient (Wildman–Crippen LogP) is 2.34. The van der Waals surface area contributed by atoms with Crippen molar-refractivity contribution >= 4 is 29.3 Å². The van der Waals surface area contributed by atoms with Crippen LogP contribution in [0.5, 0.6) is 0 Å². The Morgan fingerprint density at radius 3 is 2.71 bits per heavy atom. The molecule has 2 aromatic heterocycles. The molecule has 9 nitrogen and oxygen atoms in total. The fourth-order valence-corrected chi connectivity index (χ4v) is 5.45. The van der Waals surface area contributed by atoms with E-state index in [-0.39, 0.29) is 23.9 Å². The zero-order valence-corrected chi connectivity index (χ0v) is 19.9. The van der Waals surface area contributed by atoms with Crippen molar-refractivity contribution in [2.75, 3.05) is 42.1 Å². The van der Waals surface area contributed by atoms with Gasteiger partial charge in [0.1, 0.15) is 18.0 Å². The summed E-state index contributed by atoms with van der Waals surface area (Å²) < 4.78 is 1.64. The van der Waals surface area contributed by atoms with E-state index < -0.39 is 0 Å². The molecule has 1 atom stereocenters. The van der Waals surface area contributed by atoms with Gasteiger partial charge < -0.3 is 10.2 Å². The van der Waals surface area contributed by atoms with Crippen molar-refractivity contribution in [3.05, 3.63) is 70.4 Å². The van der Waals surface area contributed by atoms with Gasteiger partial charge >= 0.3 is 0 Å². The number of aromatic nitrogens is 4. The molecule has 1 saturated heterocycles. The van der Waals surface area contributed by atoms with E-state index >= 15 is 0 Å². The second-order valence-corrected chi connectivity index (χ2v) is 9.61. The van der Waals surface area contributed by atoms with E-state index in [1.807, 2.05) is 12.1 Å². The molecule has 4 heterocycles. The lowest BCUT2D eigenvalue weighted by Gasteiger charge is -2.35. The molecule has 34 heavy (non-hydrogen) atoms. The van der Waals surface area contributed by atoms with Gasteiger partial charge in [-0.2, -0.15) is 0 Å². The molecule has 10 heteroatoms. The van der Waals surface area contributed by atoms with E-state index in [4.69, 9.17) is 0 Å². The lowest BCUT2D eigenvalue weighted by atomic mass is 10.2. The number of amides is 1. The molecule has 176 valence electrons. The van der Waals surface area contributed by atoms with Crippen molar-refractivity contribution in [1.29, 1.82) is 0 Å². The molecule has 2 aliphatic heterocycles. The van der Waals surface area contributed by atoms with Crippen LogP contribution in [0.3, 0.4) is 0 Å². The summed E-state index contributed by atoms with van der Waals surface area (Å²) >= 11 is 1.50. The minimum absolute atomic E-state index is 0.0801. The summed E-state index contributed by atoms with van der Waals surface area (Å²) in [5.41, 5.74) is 1.82. The van der Waals surface area contributed by atoms with Crippen molar-refractivity contribution < 1.29 is 4.79 Å². The summed E-state index contributed by atoms with van der Waals surface area (Å²) in [6.45, 7) is 6.31. The molecule has 0 bridgehead atoms. The standard InChI is InChI=1S/C24H27N7O2S/c1-17-13-25-24-31(23(17)33)19(15-34-24)11-22(32)28-20-12-21(27-16-26-20)30-9-7-29(8-10-30)14-18-5-3-2-4-6-18/h2-6,12-13,16,19H,7-11,14-15H2,1H3,(H,26,27,28,32). The van der Waals surface area contributed by atoms with Crippen LogP contribution >= 0.6 is 11.8 Å². The molecule has 0 radical (unpaired) electrons. The summed E-state index contributed by atoms with van der Waals surface area (Å²) in [7, 11) is 0. The van der Waals surface area contributed by atoms with Crippen LogP contribution in [0, 0.1) is 6.92 Å². The maximum atomic E-state index is 12.7. The maximum absolute atomic E-state index is 12.7. The molecule has 5 rings (SSSR count).